The van der Waals surface area contributed by atoms with Crippen molar-refractivity contribution in [1.29, 1.82) is 0 Å². The number of aldehydes is 1. The molecule has 3 nitrogen and oxygen atoms in total. The Balaban J connectivity index is 2.28. The maximum atomic E-state index is 12.6. The molecule has 3 aromatic rings. The summed E-state index contributed by atoms with van der Waals surface area (Å²) in [5.74, 6) is 0. The fourth-order valence-corrected chi connectivity index (χ4v) is 2.70. The molecule has 21 heavy (non-hydrogen) atoms. The number of halogens is 1. The fourth-order valence-electron chi connectivity index (χ4n) is 2.41. The number of carbonyl (C=O) groups excluding carboxylic acids is 1. The SMILES string of the molecule is O=Cc1c(Cl)n(Cc2ccccc2)c(=O)c2ccccc12. The van der Waals surface area contributed by atoms with Gasteiger partial charge in [-0.3, -0.25) is 14.2 Å². The summed E-state index contributed by atoms with van der Waals surface area (Å²) in [6.07, 6.45) is 0.700. The standard InChI is InChI=1S/C17H12ClNO2/c18-16-15(11-20)13-8-4-5-9-14(13)17(21)19(16)10-12-6-2-1-3-7-12/h1-9,11H,10H2. The summed E-state index contributed by atoms with van der Waals surface area (Å²) in [5.41, 5.74) is 1.11. The van der Waals surface area contributed by atoms with E-state index in [2.05, 4.69) is 0 Å². The molecule has 0 bridgehead atoms. The minimum atomic E-state index is -0.190. The maximum Gasteiger partial charge on any atom is 0.259 e. The highest BCUT2D eigenvalue weighted by atomic mass is 35.5. The van der Waals surface area contributed by atoms with Gasteiger partial charge in [-0.25, -0.2) is 0 Å². The average molecular weight is 298 g/mol. The molecule has 0 saturated heterocycles. The van der Waals surface area contributed by atoms with E-state index in [4.69, 9.17) is 11.6 Å². The van der Waals surface area contributed by atoms with E-state index < -0.39 is 0 Å². The van der Waals surface area contributed by atoms with Gasteiger partial charge in [-0.05, 0) is 11.6 Å². The molecule has 0 saturated carbocycles. The van der Waals surface area contributed by atoms with E-state index >= 15 is 0 Å². The maximum absolute atomic E-state index is 12.6. The Bertz CT molecular complexity index is 869. The Hall–Kier alpha value is -2.39. The lowest BCUT2D eigenvalue weighted by atomic mass is 10.1. The third-order valence-corrected chi connectivity index (χ3v) is 3.86. The van der Waals surface area contributed by atoms with Crippen molar-refractivity contribution in [1.82, 2.24) is 4.57 Å². The van der Waals surface area contributed by atoms with E-state index in [1.165, 1.54) is 4.57 Å². The van der Waals surface area contributed by atoms with Gasteiger partial charge in [0.15, 0.2) is 6.29 Å². The summed E-state index contributed by atoms with van der Waals surface area (Å²) in [7, 11) is 0. The molecule has 3 rings (SSSR count). The van der Waals surface area contributed by atoms with Gasteiger partial charge in [0.05, 0.1) is 12.1 Å². The first kappa shape index (κ1) is 13.6. The molecule has 0 aliphatic rings. The van der Waals surface area contributed by atoms with Crippen LogP contribution >= 0.6 is 11.6 Å². The van der Waals surface area contributed by atoms with Crippen LogP contribution in [0.3, 0.4) is 0 Å². The van der Waals surface area contributed by atoms with Crippen LogP contribution in [0.1, 0.15) is 15.9 Å². The number of hydrogen-bond donors (Lipinski definition) is 0. The summed E-state index contributed by atoms with van der Waals surface area (Å²) in [6, 6.07) is 16.5. The molecule has 2 aromatic carbocycles. The molecule has 0 atom stereocenters. The van der Waals surface area contributed by atoms with Gasteiger partial charge < -0.3 is 0 Å². The predicted molar refractivity (Wildman–Crippen MR) is 84.1 cm³/mol. The normalized spacial score (nSPS) is 10.7. The van der Waals surface area contributed by atoms with Crippen molar-refractivity contribution in [3.63, 3.8) is 0 Å². The van der Waals surface area contributed by atoms with Crippen LogP contribution in [0.4, 0.5) is 0 Å². The van der Waals surface area contributed by atoms with E-state index in [0.29, 0.717) is 29.2 Å². The Labute approximate surface area is 126 Å². The molecule has 0 aliphatic heterocycles. The van der Waals surface area contributed by atoms with E-state index in [1.54, 1.807) is 24.3 Å². The first-order valence-corrected chi connectivity index (χ1v) is 6.90. The number of pyridine rings is 1. The number of carbonyl (C=O) groups is 1. The van der Waals surface area contributed by atoms with Crippen molar-refractivity contribution >= 4 is 28.7 Å². The summed E-state index contributed by atoms with van der Waals surface area (Å²) in [5, 5.41) is 1.27. The van der Waals surface area contributed by atoms with Crippen molar-refractivity contribution in [2.45, 2.75) is 6.54 Å². The van der Waals surface area contributed by atoms with E-state index in [9.17, 15) is 9.59 Å². The molecule has 0 N–H and O–H groups in total. The van der Waals surface area contributed by atoms with E-state index in [-0.39, 0.29) is 10.7 Å². The van der Waals surface area contributed by atoms with Crippen LogP contribution in [-0.2, 0) is 6.54 Å². The number of aromatic nitrogens is 1. The van der Waals surface area contributed by atoms with Crippen LogP contribution in [0, 0.1) is 0 Å². The van der Waals surface area contributed by atoms with Crippen LogP contribution in [0.15, 0.2) is 59.4 Å². The summed E-state index contributed by atoms with van der Waals surface area (Å²) in [4.78, 5) is 23.9. The molecule has 0 spiro atoms. The zero-order valence-electron chi connectivity index (χ0n) is 11.1. The zero-order valence-corrected chi connectivity index (χ0v) is 11.9. The quantitative estimate of drug-likeness (QED) is 0.548. The molecule has 4 heteroatoms. The van der Waals surface area contributed by atoms with Crippen LogP contribution in [0.2, 0.25) is 5.15 Å². The number of benzene rings is 2. The number of rotatable bonds is 3. The summed E-state index contributed by atoms with van der Waals surface area (Å²) in [6.45, 7) is 0.337. The molecule has 0 unspecified atom stereocenters. The van der Waals surface area contributed by atoms with Crippen molar-refractivity contribution in [3.8, 4) is 0 Å². The zero-order chi connectivity index (χ0) is 14.8. The first-order valence-electron chi connectivity index (χ1n) is 6.52. The Morgan fingerprint density at radius 2 is 1.57 bits per heavy atom. The Kier molecular flexibility index (Phi) is 3.59. The number of hydrogen-bond acceptors (Lipinski definition) is 2. The highest BCUT2D eigenvalue weighted by molar-refractivity contribution is 6.33. The predicted octanol–water partition coefficient (Wildman–Crippen LogP) is 3.52. The lowest BCUT2D eigenvalue weighted by Gasteiger charge is -2.13. The monoisotopic (exact) mass is 297 g/mol. The van der Waals surface area contributed by atoms with Gasteiger partial charge in [-0.1, -0.05) is 60.1 Å². The lowest BCUT2D eigenvalue weighted by molar-refractivity contribution is 0.112. The van der Waals surface area contributed by atoms with Crippen LogP contribution in [0.5, 0.6) is 0 Å². The van der Waals surface area contributed by atoms with Crippen LogP contribution in [-0.4, -0.2) is 10.9 Å². The third-order valence-electron chi connectivity index (χ3n) is 3.45. The van der Waals surface area contributed by atoms with Crippen LogP contribution < -0.4 is 5.56 Å². The van der Waals surface area contributed by atoms with Crippen molar-refractivity contribution in [2.24, 2.45) is 0 Å². The second kappa shape index (κ2) is 5.54. The summed E-state index contributed by atoms with van der Waals surface area (Å²) < 4.78 is 1.43. The number of nitrogens with zero attached hydrogens (tertiary/aromatic N) is 1. The molecule has 0 aliphatic carbocycles. The van der Waals surface area contributed by atoms with Crippen molar-refractivity contribution in [3.05, 3.63) is 81.2 Å². The molecular formula is C17H12ClNO2. The van der Waals surface area contributed by atoms with Gasteiger partial charge >= 0.3 is 0 Å². The first-order chi connectivity index (χ1) is 10.2. The smallest absolute Gasteiger partial charge is 0.259 e. The van der Waals surface area contributed by atoms with E-state index in [0.717, 1.165) is 5.56 Å². The van der Waals surface area contributed by atoms with Gasteiger partial charge in [0.1, 0.15) is 5.15 Å². The summed E-state index contributed by atoms with van der Waals surface area (Å²) >= 11 is 6.27. The highest BCUT2D eigenvalue weighted by Gasteiger charge is 2.14. The van der Waals surface area contributed by atoms with Gasteiger partial charge in [0.2, 0.25) is 0 Å². The van der Waals surface area contributed by atoms with Crippen molar-refractivity contribution < 1.29 is 4.79 Å². The molecule has 0 amide bonds. The minimum absolute atomic E-state index is 0.178. The lowest BCUT2D eigenvalue weighted by Crippen LogP contribution is -2.23. The second-order valence-electron chi connectivity index (χ2n) is 4.74. The largest absolute Gasteiger partial charge is 0.298 e. The van der Waals surface area contributed by atoms with Gasteiger partial charge in [0, 0.05) is 10.8 Å². The van der Waals surface area contributed by atoms with Crippen molar-refractivity contribution in [2.75, 3.05) is 0 Å². The molecule has 1 heterocycles. The molecular weight excluding hydrogens is 286 g/mol. The topological polar surface area (TPSA) is 39.1 Å². The van der Waals surface area contributed by atoms with Gasteiger partial charge in [-0.2, -0.15) is 0 Å². The van der Waals surface area contributed by atoms with Gasteiger partial charge in [-0.15, -0.1) is 0 Å². The molecule has 0 fully saturated rings. The molecule has 104 valence electrons. The highest BCUT2D eigenvalue weighted by Crippen LogP contribution is 2.22. The number of fused-ring (bicyclic) bond motifs is 1. The third kappa shape index (κ3) is 2.36. The van der Waals surface area contributed by atoms with Gasteiger partial charge in [0.25, 0.3) is 5.56 Å². The second-order valence-corrected chi connectivity index (χ2v) is 5.10. The fraction of sp³-hybridized carbons (Fsp3) is 0.0588. The Morgan fingerprint density at radius 1 is 0.952 bits per heavy atom. The minimum Gasteiger partial charge on any atom is -0.298 e. The Morgan fingerprint density at radius 3 is 2.24 bits per heavy atom. The van der Waals surface area contributed by atoms with E-state index in [1.807, 2.05) is 30.3 Å². The average Bonchev–Trinajstić information content (AvgIpc) is 2.53. The molecule has 0 radical (unpaired) electrons. The van der Waals surface area contributed by atoms with Crippen LogP contribution in [0.25, 0.3) is 10.8 Å². The molecule has 1 aromatic heterocycles.